The van der Waals surface area contributed by atoms with Gasteiger partial charge in [0.15, 0.2) is 0 Å². The lowest BCUT2D eigenvalue weighted by Gasteiger charge is -2.19. The van der Waals surface area contributed by atoms with Crippen molar-refractivity contribution in [2.75, 3.05) is 7.05 Å². The van der Waals surface area contributed by atoms with Crippen LogP contribution in [0, 0.1) is 26.6 Å². The highest BCUT2D eigenvalue weighted by atomic mass is 19.1. The Kier molecular flexibility index (Phi) is 4.63. The molecule has 21 heavy (non-hydrogen) atoms. The number of rotatable bonds is 4. The molecule has 0 saturated heterocycles. The van der Waals surface area contributed by atoms with Gasteiger partial charge in [-0.1, -0.05) is 12.1 Å². The van der Waals surface area contributed by atoms with Crippen LogP contribution in [0.25, 0.3) is 0 Å². The normalized spacial score (nSPS) is 12.3. The van der Waals surface area contributed by atoms with Crippen LogP contribution < -0.4 is 10.1 Å². The van der Waals surface area contributed by atoms with E-state index in [1.165, 1.54) is 5.56 Å². The van der Waals surface area contributed by atoms with Crippen LogP contribution in [-0.2, 0) is 0 Å². The number of aryl methyl sites for hydroxylation is 2. The van der Waals surface area contributed by atoms with Crippen LogP contribution in [0.5, 0.6) is 11.5 Å². The summed E-state index contributed by atoms with van der Waals surface area (Å²) in [6.45, 7) is 7.82. The Bertz CT molecular complexity index is 652. The summed E-state index contributed by atoms with van der Waals surface area (Å²) >= 11 is 0. The molecule has 1 unspecified atom stereocenters. The zero-order valence-corrected chi connectivity index (χ0v) is 13.3. The zero-order valence-electron chi connectivity index (χ0n) is 13.3. The second-order valence-corrected chi connectivity index (χ2v) is 5.45. The smallest absolute Gasteiger partial charge is 0.132 e. The first kappa shape index (κ1) is 15.5. The van der Waals surface area contributed by atoms with Gasteiger partial charge in [0, 0.05) is 11.6 Å². The van der Waals surface area contributed by atoms with Gasteiger partial charge < -0.3 is 10.1 Å². The number of hydrogen-bond acceptors (Lipinski definition) is 2. The number of hydrogen-bond donors (Lipinski definition) is 1. The van der Waals surface area contributed by atoms with Gasteiger partial charge in [-0.25, -0.2) is 4.39 Å². The first-order chi connectivity index (χ1) is 9.93. The molecule has 1 atom stereocenters. The van der Waals surface area contributed by atoms with Crippen molar-refractivity contribution in [2.45, 2.75) is 33.7 Å². The van der Waals surface area contributed by atoms with Gasteiger partial charge in [-0.2, -0.15) is 0 Å². The first-order valence-corrected chi connectivity index (χ1v) is 7.15. The van der Waals surface area contributed by atoms with Crippen molar-refractivity contribution in [1.29, 1.82) is 0 Å². The van der Waals surface area contributed by atoms with Crippen molar-refractivity contribution in [3.8, 4) is 11.5 Å². The third-order valence-corrected chi connectivity index (χ3v) is 3.97. The zero-order chi connectivity index (χ0) is 15.6. The summed E-state index contributed by atoms with van der Waals surface area (Å²) in [6, 6.07) is 9.29. The van der Waals surface area contributed by atoms with E-state index in [2.05, 4.69) is 18.3 Å². The highest BCUT2D eigenvalue weighted by Crippen LogP contribution is 2.33. The third kappa shape index (κ3) is 3.24. The minimum Gasteiger partial charge on any atom is -0.457 e. The lowest BCUT2D eigenvalue weighted by molar-refractivity contribution is 0.458. The van der Waals surface area contributed by atoms with E-state index in [0.29, 0.717) is 11.3 Å². The summed E-state index contributed by atoms with van der Waals surface area (Å²) in [5.74, 6) is 1.30. The van der Waals surface area contributed by atoms with Crippen molar-refractivity contribution in [3.63, 3.8) is 0 Å². The van der Waals surface area contributed by atoms with E-state index in [9.17, 15) is 4.39 Å². The lowest BCUT2D eigenvalue weighted by Crippen LogP contribution is -2.14. The van der Waals surface area contributed by atoms with Crippen molar-refractivity contribution < 1.29 is 9.13 Å². The van der Waals surface area contributed by atoms with Crippen LogP contribution in [0.4, 0.5) is 4.39 Å². The average molecular weight is 287 g/mol. The van der Waals surface area contributed by atoms with Gasteiger partial charge in [0.1, 0.15) is 17.3 Å². The van der Waals surface area contributed by atoms with E-state index in [1.54, 1.807) is 19.1 Å². The number of ether oxygens (including phenoxy) is 1. The second-order valence-electron chi connectivity index (χ2n) is 5.45. The predicted molar refractivity (Wildman–Crippen MR) is 84.6 cm³/mol. The number of benzene rings is 2. The molecule has 2 rings (SSSR count). The van der Waals surface area contributed by atoms with E-state index in [0.717, 1.165) is 16.9 Å². The van der Waals surface area contributed by atoms with Gasteiger partial charge in [0.05, 0.1) is 0 Å². The van der Waals surface area contributed by atoms with Gasteiger partial charge >= 0.3 is 0 Å². The molecule has 0 amide bonds. The van der Waals surface area contributed by atoms with Gasteiger partial charge in [-0.15, -0.1) is 0 Å². The van der Waals surface area contributed by atoms with E-state index in [-0.39, 0.29) is 11.9 Å². The molecule has 1 N–H and O–H groups in total. The second kappa shape index (κ2) is 6.27. The average Bonchev–Trinajstić information content (AvgIpc) is 2.46. The molecule has 2 nitrogen and oxygen atoms in total. The third-order valence-electron chi connectivity index (χ3n) is 3.97. The summed E-state index contributed by atoms with van der Waals surface area (Å²) in [5, 5.41) is 3.13. The summed E-state index contributed by atoms with van der Waals surface area (Å²) in [5.41, 5.74) is 3.68. The maximum absolute atomic E-state index is 13.9. The molecule has 0 heterocycles. The summed E-state index contributed by atoms with van der Waals surface area (Å²) in [4.78, 5) is 0. The summed E-state index contributed by atoms with van der Waals surface area (Å²) in [7, 11) is 1.85. The molecule has 3 heteroatoms. The topological polar surface area (TPSA) is 21.3 Å². The Morgan fingerprint density at radius 3 is 2.43 bits per heavy atom. The summed E-state index contributed by atoms with van der Waals surface area (Å²) in [6.07, 6.45) is 0. The molecule has 0 radical (unpaired) electrons. The van der Waals surface area contributed by atoms with Crippen LogP contribution in [0.3, 0.4) is 0 Å². The molecule has 0 spiro atoms. The number of nitrogens with one attached hydrogen (secondary N) is 1. The first-order valence-electron chi connectivity index (χ1n) is 7.15. The van der Waals surface area contributed by atoms with Crippen molar-refractivity contribution >= 4 is 0 Å². The Hall–Kier alpha value is -1.87. The monoisotopic (exact) mass is 287 g/mol. The fraction of sp³-hybridized carbons (Fsp3) is 0.333. The standard InChI is InChI=1S/C18H22FNO/c1-11-7-6-8-17(13(11)3)21-18-9-12(2)16(19)10-15(18)14(4)20-5/h6-10,14,20H,1-5H3. The maximum atomic E-state index is 13.9. The quantitative estimate of drug-likeness (QED) is 0.870. The van der Waals surface area contributed by atoms with Crippen LogP contribution in [0.2, 0.25) is 0 Å². The fourth-order valence-corrected chi connectivity index (χ4v) is 2.21. The Balaban J connectivity index is 2.47. The van der Waals surface area contributed by atoms with Gasteiger partial charge in [0.2, 0.25) is 0 Å². The fourth-order valence-electron chi connectivity index (χ4n) is 2.21. The number of halogens is 1. The highest BCUT2D eigenvalue weighted by molar-refractivity contribution is 5.46. The largest absolute Gasteiger partial charge is 0.457 e. The Morgan fingerprint density at radius 1 is 1.05 bits per heavy atom. The lowest BCUT2D eigenvalue weighted by atomic mass is 10.0. The molecular weight excluding hydrogens is 265 g/mol. The van der Waals surface area contributed by atoms with E-state index in [1.807, 2.05) is 33.0 Å². The Morgan fingerprint density at radius 2 is 1.76 bits per heavy atom. The van der Waals surface area contributed by atoms with Crippen LogP contribution >= 0.6 is 0 Å². The molecule has 0 aromatic heterocycles. The van der Waals surface area contributed by atoms with Crippen LogP contribution in [0.15, 0.2) is 30.3 Å². The van der Waals surface area contributed by atoms with Crippen LogP contribution in [0.1, 0.15) is 35.2 Å². The van der Waals surface area contributed by atoms with E-state index in [4.69, 9.17) is 4.74 Å². The van der Waals surface area contributed by atoms with Gasteiger partial charge in [0.25, 0.3) is 0 Å². The molecule has 2 aromatic rings. The van der Waals surface area contributed by atoms with Crippen molar-refractivity contribution in [2.24, 2.45) is 0 Å². The molecule has 112 valence electrons. The molecule has 2 aromatic carbocycles. The van der Waals surface area contributed by atoms with Gasteiger partial charge in [-0.05, 0) is 69.6 Å². The highest BCUT2D eigenvalue weighted by Gasteiger charge is 2.15. The van der Waals surface area contributed by atoms with Crippen molar-refractivity contribution in [3.05, 3.63) is 58.4 Å². The molecule has 0 aliphatic carbocycles. The molecule has 0 bridgehead atoms. The molecule has 0 aliphatic heterocycles. The molecule has 0 saturated carbocycles. The van der Waals surface area contributed by atoms with Crippen LogP contribution in [-0.4, -0.2) is 7.05 Å². The molecule has 0 fully saturated rings. The molecule has 0 aliphatic rings. The molecular formula is C18H22FNO. The minimum absolute atomic E-state index is 0.0141. The van der Waals surface area contributed by atoms with E-state index < -0.39 is 0 Å². The predicted octanol–water partition coefficient (Wildman–Crippen LogP) is 4.82. The SMILES string of the molecule is CNC(C)c1cc(F)c(C)cc1Oc1cccc(C)c1C. The van der Waals surface area contributed by atoms with E-state index >= 15 is 0 Å². The minimum atomic E-state index is -0.208. The summed E-state index contributed by atoms with van der Waals surface area (Å²) < 4.78 is 19.9. The van der Waals surface area contributed by atoms with Crippen molar-refractivity contribution in [1.82, 2.24) is 5.32 Å². The Labute approximate surface area is 126 Å². The maximum Gasteiger partial charge on any atom is 0.132 e. The van der Waals surface area contributed by atoms with Gasteiger partial charge in [-0.3, -0.25) is 0 Å².